The number of carbonyl (C=O) groups excluding carboxylic acids is 3. The minimum atomic E-state index is -0.939. The summed E-state index contributed by atoms with van der Waals surface area (Å²) >= 11 is 0. The molecule has 39 heavy (non-hydrogen) atoms. The first-order valence-corrected chi connectivity index (χ1v) is 11.6. The minimum absolute atomic E-state index is 0.00130. The molecule has 1 aliphatic rings. The summed E-state index contributed by atoms with van der Waals surface area (Å²) in [5, 5.41) is 13.5. The smallest absolute Gasteiger partial charge is 0.322 e. The number of hydrogen-bond donors (Lipinski definition) is 2. The zero-order valence-electron chi connectivity index (χ0n) is 22.0. The summed E-state index contributed by atoms with van der Waals surface area (Å²) in [6, 6.07) is 11.0. The minimum Gasteiger partial charge on any atom is -0.497 e. The Labute approximate surface area is 225 Å². The van der Waals surface area contributed by atoms with Crippen molar-refractivity contribution in [2.24, 2.45) is 0 Å². The van der Waals surface area contributed by atoms with E-state index in [1.165, 1.54) is 13.3 Å². The van der Waals surface area contributed by atoms with Crippen molar-refractivity contribution in [2.45, 2.75) is 13.0 Å². The van der Waals surface area contributed by atoms with Crippen LogP contribution < -0.4 is 20.1 Å². The molecule has 1 aliphatic heterocycles. The predicted octanol–water partition coefficient (Wildman–Crippen LogP) is 2.29. The summed E-state index contributed by atoms with van der Waals surface area (Å²) in [6.45, 7) is 1.91. The molecule has 0 aliphatic carbocycles. The number of carbonyl (C=O) groups is 3. The molecule has 1 aromatic carbocycles. The zero-order valence-corrected chi connectivity index (χ0v) is 22.0. The van der Waals surface area contributed by atoms with Gasteiger partial charge in [-0.3, -0.25) is 19.9 Å². The van der Waals surface area contributed by atoms with Crippen molar-refractivity contribution in [1.82, 2.24) is 25.5 Å². The van der Waals surface area contributed by atoms with Gasteiger partial charge in [-0.1, -0.05) is 12.0 Å². The number of nitriles is 1. The number of pyridine rings is 2. The number of rotatable bonds is 4. The van der Waals surface area contributed by atoms with Crippen molar-refractivity contribution in [3.63, 3.8) is 0 Å². The van der Waals surface area contributed by atoms with Crippen LogP contribution in [0, 0.1) is 30.1 Å². The highest BCUT2D eigenvalue weighted by molar-refractivity contribution is 6.05. The topological polar surface area (TPSA) is 147 Å². The number of aryl methyl sites for hydroxylation is 1. The molecule has 2 aromatic heterocycles. The first kappa shape index (κ1) is 28.2. The lowest BCUT2D eigenvalue weighted by molar-refractivity contribution is -0.119. The lowest BCUT2D eigenvalue weighted by Gasteiger charge is -2.13. The third kappa shape index (κ3) is 7.08. The molecule has 1 unspecified atom stereocenters. The number of aromatic nitrogens is 2. The van der Waals surface area contributed by atoms with Gasteiger partial charge in [-0.05, 0) is 48.7 Å². The maximum atomic E-state index is 11.7. The monoisotopic (exact) mass is 526 g/mol. The second-order valence-corrected chi connectivity index (χ2v) is 8.37. The lowest BCUT2D eigenvalue weighted by atomic mass is 10.1. The molecule has 1 fully saturated rings. The van der Waals surface area contributed by atoms with Crippen molar-refractivity contribution >= 4 is 17.8 Å². The average molecular weight is 527 g/mol. The molecule has 1 atom stereocenters. The number of benzene rings is 1. The van der Waals surface area contributed by atoms with Crippen molar-refractivity contribution < 1.29 is 23.9 Å². The molecule has 3 aromatic rings. The SMILES string of the molecule is COc1ccc(-c2cncc(C#N)c2)nc1C#CC1NC(=O)NC1=O.COc1ccc(C)c(C(=O)N(C)C)c1. The van der Waals surface area contributed by atoms with Crippen LogP contribution >= 0.6 is 0 Å². The van der Waals surface area contributed by atoms with E-state index >= 15 is 0 Å². The van der Waals surface area contributed by atoms with Gasteiger partial charge < -0.3 is 19.7 Å². The first-order chi connectivity index (χ1) is 18.7. The summed E-state index contributed by atoms with van der Waals surface area (Å²) in [5.41, 5.74) is 3.56. The van der Waals surface area contributed by atoms with Gasteiger partial charge in [0.05, 0.1) is 25.5 Å². The van der Waals surface area contributed by atoms with Crippen LogP contribution in [0.5, 0.6) is 11.5 Å². The summed E-state index contributed by atoms with van der Waals surface area (Å²) < 4.78 is 10.3. The van der Waals surface area contributed by atoms with Crippen LogP contribution in [-0.4, -0.2) is 67.1 Å². The Bertz CT molecular complexity index is 1520. The maximum Gasteiger partial charge on any atom is 0.322 e. The lowest BCUT2D eigenvalue weighted by Crippen LogP contribution is -2.26. The summed E-state index contributed by atoms with van der Waals surface area (Å²) in [6.07, 6.45) is 3.03. The Balaban J connectivity index is 0.000000255. The molecule has 11 heteroatoms. The van der Waals surface area contributed by atoms with Crippen molar-refractivity contribution in [1.29, 1.82) is 5.26 Å². The number of nitrogens with zero attached hydrogens (tertiary/aromatic N) is 4. The molecule has 2 N–H and O–H groups in total. The van der Waals surface area contributed by atoms with E-state index in [2.05, 4.69) is 32.4 Å². The molecule has 0 saturated carbocycles. The van der Waals surface area contributed by atoms with Crippen LogP contribution in [0.25, 0.3) is 11.3 Å². The van der Waals surface area contributed by atoms with Gasteiger partial charge >= 0.3 is 6.03 Å². The standard InChI is InChI=1S/C17H11N5O3.C11H15NO2/c1-25-15-5-4-12(11-6-10(7-18)8-19-9-11)20-13(15)2-3-14-16(23)22-17(24)21-14;1-8-5-6-9(14-4)7-10(8)11(13)12(2)3/h4-6,8-9,14H,1H3,(H2,21,22,23,24);5-7H,1-4H3. The molecule has 11 nitrogen and oxygen atoms in total. The van der Waals surface area contributed by atoms with Crippen LogP contribution in [0.4, 0.5) is 4.79 Å². The van der Waals surface area contributed by atoms with Crippen LogP contribution in [0.15, 0.2) is 48.8 Å². The highest BCUT2D eigenvalue weighted by atomic mass is 16.5. The van der Waals surface area contributed by atoms with Gasteiger partial charge in [0.15, 0.2) is 17.5 Å². The number of urea groups is 1. The highest BCUT2D eigenvalue weighted by Gasteiger charge is 2.27. The third-order valence-corrected chi connectivity index (χ3v) is 5.43. The quantitative estimate of drug-likeness (QED) is 0.389. The Morgan fingerprint density at radius 3 is 2.46 bits per heavy atom. The second-order valence-electron chi connectivity index (χ2n) is 8.37. The van der Waals surface area contributed by atoms with E-state index in [1.54, 1.807) is 56.6 Å². The molecule has 4 amide bonds. The molecular formula is C28H26N6O5. The van der Waals surface area contributed by atoms with Gasteiger partial charge in [0.1, 0.15) is 11.8 Å². The van der Waals surface area contributed by atoms with Crippen LogP contribution in [0.2, 0.25) is 0 Å². The fraction of sp³-hybridized carbons (Fsp3) is 0.214. The molecule has 4 rings (SSSR count). The number of nitrogens with one attached hydrogen (secondary N) is 2. The molecule has 198 valence electrons. The molecular weight excluding hydrogens is 500 g/mol. The number of methoxy groups -OCH3 is 2. The van der Waals surface area contributed by atoms with E-state index in [0.717, 1.165) is 5.56 Å². The normalized spacial score (nSPS) is 13.4. The largest absolute Gasteiger partial charge is 0.497 e. The Morgan fingerprint density at radius 2 is 1.85 bits per heavy atom. The summed E-state index contributed by atoms with van der Waals surface area (Å²) in [5.74, 6) is 6.02. The van der Waals surface area contributed by atoms with Gasteiger partial charge in [0.25, 0.3) is 11.8 Å². The fourth-order valence-corrected chi connectivity index (χ4v) is 3.36. The Hall–Kier alpha value is -5.42. The molecule has 3 heterocycles. The average Bonchev–Trinajstić information content (AvgIpc) is 3.28. The van der Waals surface area contributed by atoms with E-state index in [1.807, 2.05) is 25.1 Å². The first-order valence-electron chi connectivity index (χ1n) is 11.6. The van der Waals surface area contributed by atoms with E-state index < -0.39 is 18.0 Å². The van der Waals surface area contributed by atoms with Gasteiger partial charge in [0, 0.05) is 37.6 Å². The van der Waals surface area contributed by atoms with Crippen molar-refractivity contribution in [3.05, 3.63) is 71.2 Å². The molecule has 0 spiro atoms. The highest BCUT2D eigenvalue weighted by Crippen LogP contribution is 2.23. The maximum absolute atomic E-state index is 11.7. The number of hydrogen-bond acceptors (Lipinski definition) is 8. The zero-order chi connectivity index (χ0) is 28.5. The van der Waals surface area contributed by atoms with Gasteiger partial charge in [0.2, 0.25) is 0 Å². The van der Waals surface area contributed by atoms with E-state index in [-0.39, 0.29) is 5.91 Å². The van der Waals surface area contributed by atoms with Gasteiger partial charge in [-0.15, -0.1) is 0 Å². The number of imide groups is 1. The molecule has 1 saturated heterocycles. The van der Waals surface area contributed by atoms with E-state index in [4.69, 9.17) is 14.7 Å². The van der Waals surface area contributed by atoms with Crippen LogP contribution in [0.3, 0.4) is 0 Å². The molecule has 0 radical (unpaired) electrons. The third-order valence-electron chi connectivity index (χ3n) is 5.43. The second kappa shape index (κ2) is 12.7. The fourth-order valence-electron chi connectivity index (χ4n) is 3.36. The summed E-state index contributed by atoms with van der Waals surface area (Å²) in [7, 11) is 6.54. The van der Waals surface area contributed by atoms with Crippen molar-refractivity contribution in [2.75, 3.05) is 28.3 Å². The molecule has 0 bridgehead atoms. The number of amides is 4. The van der Waals surface area contributed by atoms with Crippen molar-refractivity contribution in [3.8, 4) is 40.7 Å². The van der Waals surface area contributed by atoms with E-state index in [0.29, 0.717) is 39.6 Å². The Morgan fingerprint density at radius 1 is 1.08 bits per heavy atom. The predicted molar refractivity (Wildman–Crippen MR) is 142 cm³/mol. The van der Waals surface area contributed by atoms with Gasteiger partial charge in [-0.25, -0.2) is 9.78 Å². The van der Waals surface area contributed by atoms with Crippen LogP contribution in [-0.2, 0) is 4.79 Å². The van der Waals surface area contributed by atoms with E-state index in [9.17, 15) is 14.4 Å². The number of ether oxygens (including phenoxy) is 2. The van der Waals surface area contributed by atoms with Crippen LogP contribution in [0.1, 0.15) is 27.2 Å². The van der Waals surface area contributed by atoms with Gasteiger partial charge in [-0.2, -0.15) is 5.26 Å². The summed E-state index contributed by atoms with van der Waals surface area (Å²) in [4.78, 5) is 44.3. The Kier molecular flexibility index (Phi) is 9.17.